The van der Waals surface area contributed by atoms with Gasteiger partial charge in [0.05, 0.1) is 39.5 Å². The number of aromatic nitrogens is 3. The number of ether oxygens (including phenoxy) is 4. The molecule has 52 heavy (non-hydrogen) atoms. The Balaban J connectivity index is 1.07. The summed E-state index contributed by atoms with van der Waals surface area (Å²) in [7, 11) is 6.38. The normalized spacial score (nSPS) is 18.0. The monoisotopic (exact) mass is 704 g/mol. The van der Waals surface area contributed by atoms with E-state index in [9.17, 15) is 4.79 Å². The number of aromatic amines is 1. The van der Waals surface area contributed by atoms with Crippen LogP contribution in [-0.4, -0.2) is 97.9 Å². The molecular formula is C41H48N6O5. The van der Waals surface area contributed by atoms with Gasteiger partial charge in [0, 0.05) is 62.1 Å². The summed E-state index contributed by atoms with van der Waals surface area (Å²) in [5, 5.41) is 0. The number of anilines is 1. The van der Waals surface area contributed by atoms with Crippen molar-refractivity contribution in [3.63, 3.8) is 0 Å². The minimum absolute atomic E-state index is 0.0460. The zero-order chi connectivity index (χ0) is 36.1. The number of para-hydroxylation sites is 2. The molecule has 0 aliphatic carbocycles. The van der Waals surface area contributed by atoms with Crippen molar-refractivity contribution < 1.29 is 23.7 Å². The number of benzene rings is 3. The van der Waals surface area contributed by atoms with Crippen LogP contribution < -0.4 is 23.8 Å². The molecule has 2 aliphatic rings. The van der Waals surface area contributed by atoms with Gasteiger partial charge in [-0.25, -0.2) is 4.98 Å². The van der Waals surface area contributed by atoms with Gasteiger partial charge in [-0.3, -0.25) is 9.78 Å². The summed E-state index contributed by atoms with van der Waals surface area (Å²) in [5.41, 5.74) is 4.80. The highest BCUT2D eigenvalue weighted by atomic mass is 16.5. The highest BCUT2D eigenvalue weighted by molar-refractivity contribution is 5.96. The molecule has 4 heterocycles. The van der Waals surface area contributed by atoms with E-state index in [0.717, 1.165) is 74.6 Å². The summed E-state index contributed by atoms with van der Waals surface area (Å²) in [6, 6.07) is 24.6. The van der Waals surface area contributed by atoms with E-state index < -0.39 is 0 Å². The molecule has 11 nitrogen and oxygen atoms in total. The van der Waals surface area contributed by atoms with Crippen molar-refractivity contribution in [2.24, 2.45) is 0 Å². The number of nitrogens with one attached hydrogen (secondary N) is 1. The van der Waals surface area contributed by atoms with E-state index >= 15 is 0 Å². The van der Waals surface area contributed by atoms with Gasteiger partial charge in [0.15, 0.2) is 11.5 Å². The molecule has 1 atom stereocenters. The van der Waals surface area contributed by atoms with Gasteiger partial charge in [-0.05, 0) is 91.9 Å². The Morgan fingerprint density at radius 2 is 1.60 bits per heavy atom. The number of carbonyl (C=O) groups is 1. The lowest BCUT2D eigenvalue weighted by molar-refractivity contribution is 0.0779. The van der Waals surface area contributed by atoms with Crippen LogP contribution in [0, 0.1) is 0 Å². The maximum Gasteiger partial charge on any atom is 0.254 e. The molecule has 1 N–H and O–H groups in total. The highest BCUT2D eigenvalue weighted by Gasteiger charge is 2.42. The van der Waals surface area contributed by atoms with E-state index in [2.05, 4.69) is 56.2 Å². The Morgan fingerprint density at radius 3 is 2.25 bits per heavy atom. The van der Waals surface area contributed by atoms with Crippen LogP contribution >= 0.6 is 0 Å². The van der Waals surface area contributed by atoms with Crippen molar-refractivity contribution in [1.29, 1.82) is 0 Å². The van der Waals surface area contributed by atoms with E-state index in [1.807, 2.05) is 41.6 Å². The van der Waals surface area contributed by atoms with E-state index in [4.69, 9.17) is 23.9 Å². The van der Waals surface area contributed by atoms with Crippen LogP contribution in [0.1, 0.15) is 47.2 Å². The van der Waals surface area contributed by atoms with Crippen molar-refractivity contribution in [2.75, 3.05) is 66.1 Å². The predicted octanol–water partition coefficient (Wildman–Crippen LogP) is 6.34. The molecule has 7 rings (SSSR count). The minimum atomic E-state index is -0.193. The third kappa shape index (κ3) is 7.23. The molecule has 0 bridgehead atoms. The molecule has 11 heteroatoms. The van der Waals surface area contributed by atoms with Crippen molar-refractivity contribution in [1.82, 2.24) is 24.8 Å². The maximum absolute atomic E-state index is 14.0. The van der Waals surface area contributed by atoms with Crippen molar-refractivity contribution in [2.45, 2.75) is 43.7 Å². The van der Waals surface area contributed by atoms with Crippen LogP contribution in [0.25, 0.3) is 11.0 Å². The van der Waals surface area contributed by atoms with Crippen LogP contribution in [-0.2, 0) is 12.0 Å². The zero-order valence-corrected chi connectivity index (χ0v) is 30.5. The Morgan fingerprint density at radius 1 is 0.885 bits per heavy atom. The maximum atomic E-state index is 14.0. The number of carbonyl (C=O) groups excluding carboxylic acids is 1. The molecule has 0 spiro atoms. The van der Waals surface area contributed by atoms with Crippen LogP contribution in [0.4, 0.5) is 5.95 Å². The number of nitrogens with zero attached hydrogens (tertiary/aromatic N) is 5. The van der Waals surface area contributed by atoms with Gasteiger partial charge in [0.1, 0.15) is 5.75 Å². The lowest BCUT2D eigenvalue weighted by Crippen LogP contribution is -2.46. The number of pyridine rings is 1. The number of methoxy groups -OCH3 is 4. The molecule has 2 aromatic heterocycles. The smallest absolute Gasteiger partial charge is 0.254 e. The standard InChI is InChI=1S/C41H48N6O5/c1-49-33-11-9-31(10-12-33)41(18-24-46(28-41)39(48)30-25-36(50-2)38(52-4)37(26-30)51-3)17-23-45-21-15-32(16-22-45)47(27-29-13-19-42-20-14-29)40-43-34-7-5-6-8-35(34)44-40/h5-14,19-20,25-26,32H,15-18,21-24,27-28H2,1-4H3,(H,43,44). The van der Waals surface area contributed by atoms with Crippen molar-refractivity contribution >= 4 is 22.9 Å². The Kier molecular flexibility index (Phi) is 10.5. The predicted molar refractivity (Wildman–Crippen MR) is 202 cm³/mol. The van der Waals surface area contributed by atoms with Gasteiger partial charge in [-0.1, -0.05) is 24.3 Å². The van der Waals surface area contributed by atoms with Gasteiger partial charge in [0.25, 0.3) is 5.91 Å². The van der Waals surface area contributed by atoms with E-state index in [-0.39, 0.29) is 11.3 Å². The molecule has 3 aromatic carbocycles. The number of rotatable bonds is 13. The molecule has 1 unspecified atom stereocenters. The molecule has 272 valence electrons. The number of amides is 1. The Labute approximate surface area is 305 Å². The first kappa shape index (κ1) is 35.1. The van der Waals surface area contributed by atoms with Crippen LogP contribution in [0.5, 0.6) is 23.0 Å². The molecule has 5 aromatic rings. The quantitative estimate of drug-likeness (QED) is 0.150. The lowest BCUT2D eigenvalue weighted by Gasteiger charge is -2.40. The van der Waals surface area contributed by atoms with Gasteiger partial charge in [0.2, 0.25) is 11.7 Å². The van der Waals surface area contributed by atoms with Gasteiger partial charge >= 0.3 is 0 Å². The number of likely N-dealkylation sites (tertiary alicyclic amines) is 2. The van der Waals surface area contributed by atoms with Gasteiger partial charge in [-0.15, -0.1) is 0 Å². The molecule has 2 aliphatic heterocycles. The second-order valence-corrected chi connectivity index (χ2v) is 13.8. The summed E-state index contributed by atoms with van der Waals surface area (Å²) in [4.78, 5) is 33.9. The summed E-state index contributed by atoms with van der Waals surface area (Å²) in [5.74, 6) is 3.10. The molecule has 1 amide bonds. The average Bonchev–Trinajstić information content (AvgIpc) is 3.85. The summed E-state index contributed by atoms with van der Waals surface area (Å²) >= 11 is 0. The first-order valence-electron chi connectivity index (χ1n) is 18.0. The average molecular weight is 705 g/mol. The molecule has 0 radical (unpaired) electrons. The SMILES string of the molecule is COc1ccc(C2(CCN3CCC(N(Cc4ccncc4)c4nc5ccccc5[nH]4)CC3)CCN(C(=O)c3cc(OC)c(OC)c(OC)c3)C2)cc1. The minimum Gasteiger partial charge on any atom is -0.497 e. The molecule has 0 saturated carbocycles. The molecular weight excluding hydrogens is 656 g/mol. The number of hydrogen-bond donors (Lipinski definition) is 1. The van der Waals surface area contributed by atoms with E-state index in [1.165, 1.54) is 11.1 Å². The largest absolute Gasteiger partial charge is 0.497 e. The van der Waals surface area contributed by atoms with E-state index in [1.54, 1.807) is 40.6 Å². The number of imidazole rings is 1. The second-order valence-electron chi connectivity index (χ2n) is 13.8. The van der Waals surface area contributed by atoms with Gasteiger partial charge in [-0.2, -0.15) is 0 Å². The fraction of sp³-hybridized carbons (Fsp3) is 0.390. The summed E-state index contributed by atoms with van der Waals surface area (Å²) in [6.07, 6.45) is 7.59. The summed E-state index contributed by atoms with van der Waals surface area (Å²) < 4.78 is 22.1. The van der Waals surface area contributed by atoms with Crippen molar-refractivity contribution in [3.8, 4) is 23.0 Å². The Bertz CT molecular complexity index is 1900. The first-order chi connectivity index (χ1) is 25.4. The highest BCUT2D eigenvalue weighted by Crippen LogP contribution is 2.42. The number of piperidine rings is 1. The van der Waals surface area contributed by atoms with E-state index in [0.29, 0.717) is 41.9 Å². The van der Waals surface area contributed by atoms with Gasteiger partial charge < -0.3 is 38.6 Å². The summed E-state index contributed by atoms with van der Waals surface area (Å²) in [6.45, 7) is 4.97. The van der Waals surface area contributed by atoms with Crippen LogP contribution in [0.15, 0.2) is 85.2 Å². The van der Waals surface area contributed by atoms with Crippen molar-refractivity contribution in [3.05, 3.63) is 102 Å². The fourth-order valence-corrected chi connectivity index (χ4v) is 7.93. The number of fused-ring (bicyclic) bond motifs is 1. The number of hydrogen-bond acceptors (Lipinski definition) is 9. The molecule has 2 saturated heterocycles. The third-order valence-electron chi connectivity index (χ3n) is 10.9. The fourth-order valence-electron chi connectivity index (χ4n) is 7.93. The zero-order valence-electron chi connectivity index (χ0n) is 30.5. The lowest BCUT2D eigenvalue weighted by atomic mass is 9.76. The van der Waals surface area contributed by atoms with Crippen LogP contribution in [0.3, 0.4) is 0 Å². The second kappa shape index (κ2) is 15.5. The first-order valence-corrected chi connectivity index (χ1v) is 18.0. The number of H-pyrrole nitrogens is 1. The topological polar surface area (TPSA) is 105 Å². The Hall–Kier alpha value is -5.29. The van der Waals surface area contributed by atoms with Crippen LogP contribution in [0.2, 0.25) is 0 Å². The molecule has 2 fully saturated rings. The third-order valence-corrected chi connectivity index (χ3v) is 10.9.